The van der Waals surface area contributed by atoms with Crippen molar-refractivity contribution < 1.29 is 15.0 Å². The van der Waals surface area contributed by atoms with Crippen LogP contribution in [0.15, 0.2) is 24.3 Å². The van der Waals surface area contributed by atoms with E-state index in [1.807, 2.05) is 24.3 Å². The summed E-state index contributed by atoms with van der Waals surface area (Å²) in [6, 6.07) is 7.57. The molecule has 0 aliphatic rings. The first-order valence-corrected chi connectivity index (χ1v) is 6.27. The van der Waals surface area contributed by atoms with E-state index in [-0.39, 0.29) is 25.5 Å². The van der Waals surface area contributed by atoms with Crippen LogP contribution in [-0.2, 0) is 6.42 Å². The van der Waals surface area contributed by atoms with Crippen LogP contribution < -0.4 is 0 Å². The summed E-state index contributed by atoms with van der Waals surface area (Å²) in [7, 11) is 0. The monoisotopic (exact) mass is 251 g/mol. The largest absolute Gasteiger partial charge is 0.395 e. The van der Waals surface area contributed by atoms with Crippen molar-refractivity contribution in [3.8, 4) is 0 Å². The third kappa shape index (κ3) is 4.56. The Morgan fingerprint density at radius 2 is 1.67 bits per heavy atom. The minimum atomic E-state index is -0.0119. The number of hydrogen-bond acceptors (Lipinski definition) is 4. The van der Waals surface area contributed by atoms with Gasteiger partial charge in [-0.25, -0.2) is 0 Å². The van der Waals surface area contributed by atoms with Gasteiger partial charge in [0.05, 0.1) is 19.8 Å². The predicted octanol–water partition coefficient (Wildman–Crippen LogP) is 0.718. The van der Waals surface area contributed by atoms with Gasteiger partial charge in [-0.2, -0.15) is 0 Å². The Bertz CT molecular complexity index is 356. The molecule has 0 aromatic heterocycles. The molecule has 0 saturated carbocycles. The van der Waals surface area contributed by atoms with Gasteiger partial charge < -0.3 is 10.2 Å². The van der Waals surface area contributed by atoms with E-state index in [9.17, 15) is 4.79 Å². The van der Waals surface area contributed by atoms with Crippen LogP contribution in [0.4, 0.5) is 0 Å². The van der Waals surface area contributed by atoms with Gasteiger partial charge in [0.2, 0.25) is 0 Å². The van der Waals surface area contributed by atoms with E-state index in [0.717, 1.165) is 6.42 Å². The Kier molecular flexibility index (Phi) is 6.57. The van der Waals surface area contributed by atoms with E-state index in [4.69, 9.17) is 10.2 Å². The quantitative estimate of drug-likeness (QED) is 0.668. The molecular formula is C14H21NO3. The van der Waals surface area contributed by atoms with E-state index in [0.29, 0.717) is 18.7 Å². The molecule has 0 aliphatic carbocycles. The van der Waals surface area contributed by atoms with Gasteiger partial charge in [0.1, 0.15) is 0 Å². The summed E-state index contributed by atoms with van der Waals surface area (Å²) >= 11 is 0. The number of aliphatic hydroxyl groups is 2. The lowest BCUT2D eigenvalue weighted by Gasteiger charge is -2.19. The third-order valence-corrected chi connectivity index (χ3v) is 2.88. The number of ketones is 1. The van der Waals surface area contributed by atoms with Crippen molar-refractivity contribution in [2.24, 2.45) is 0 Å². The van der Waals surface area contributed by atoms with Gasteiger partial charge in [0.15, 0.2) is 5.78 Å². The van der Waals surface area contributed by atoms with Crippen LogP contribution >= 0.6 is 0 Å². The van der Waals surface area contributed by atoms with Crippen LogP contribution in [0, 0.1) is 0 Å². The highest BCUT2D eigenvalue weighted by molar-refractivity contribution is 5.97. The summed E-state index contributed by atoms with van der Waals surface area (Å²) < 4.78 is 0. The van der Waals surface area contributed by atoms with Crippen LogP contribution in [0.1, 0.15) is 22.8 Å². The highest BCUT2D eigenvalue weighted by Gasteiger charge is 2.11. The third-order valence-electron chi connectivity index (χ3n) is 2.88. The number of Topliss-reactive ketones (excluding diaryl/α,β-unsaturated/α-hetero) is 1. The van der Waals surface area contributed by atoms with Crippen molar-refractivity contribution in [2.45, 2.75) is 13.3 Å². The van der Waals surface area contributed by atoms with Crippen molar-refractivity contribution in [3.63, 3.8) is 0 Å². The molecule has 0 amide bonds. The van der Waals surface area contributed by atoms with Crippen LogP contribution in [0.25, 0.3) is 0 Å². The van der Waals surface area contributed by atoms with Gasteiger partial charge in [-0.1, -0.05) is 31.2 Å². The number of aryl methyl sites for hydroxylation is 1. The Morgan fingerprint density at radius 3 is 2.11 bits per heavy atom. The number of carbonyl (C=O) groups is 1. The lowest BCUT2D eigenvalue weighted by Crippen LogP contribution is -2.34. The second-order valence-corrected chi connectivity index (χ2v) is 4.20. The summed E-state index contributed by atoms with van der Waals surface area (Å²) in [5, 5.41) is 17.8. The van der Waals surface area contributed by atoms with Gasteiger partial charge in [0, 0.05) is 18.7 Å². The van der Waals surface area contributed by atoms with E-state index >= 15 is 0 Å². The molecule has 0 spiro atoms. The molecule has 0 aliphatic heterocycles. The fourth-order valence-electron chi connectivity index (χ4n) is 1.77. The summed E-state index contributed by atoms with van der Waals surface area (Å²) in [5.74, 6) is 0.0135. The molecule has 0 bridgehead atoms. The van der Waals surface area contributed by atoms with Crippen molar-refractivity contribution in [3.05, 3.63) is 35.4 Å². The maximum absolute atomic E-state index is 12.0. The van der Waals surface area contributed by atoms with Crippen LogP contribution in [0.5, 0.6) is 0 Å². The Labute approximate surface area is 108 Å². The molecule has 1 aromatic rings. The first-order chi connectivity index (χ1) is 8.71. The van der Waals surface area contributed by atoms with Gasteiger partial charge in [-0.3, -0.25) is 9.69 Å². The molecule has 4 heteroatoms. The second-order valence-electron chi connectivity index (χ2n) is 4.20. The highest BCUT2D eigenvalue weighted by atomic mass is 16.3. The number of benzene rings is 1. The van der Waals surface area contributed by atoms with E-state index in [2.05, 4.69) is 6.92 Å². The summed E-state index contributed by atoms with van der Waals surface area (Å²) in [4.78, 5) is 13.7. The van der Waals surface area contributed by atoms with Crippen molar-refractivity contribution >= 4 is 5.78 Å². The molecule has 0 unspecified atom stereocenters. The lowest BCUT2D eigenvalue weighted by atomic mass is 10.1. The Balaban J connectivity index is 2.61. The molecule has 0 fully saturated rings. The molecule has 18 heavy (non-hydrogen) atoms. The fourth-order valence-corrected chi connectivity index (χ4v) is 1.77. The maximum atomic E-state index is 12.0. The van der Waals surface area contributed by atoms with Gasteiger partial charge in [-0.15, -0.1) is 0 Å². The average molecular weight is 251 g/mol. The number of rotatable bonds is 8. The zero-order chi connectivity index (χ0) is 13.4. The van der Waals surface area contributed by atoms with Crippen molar-refractivity contribution in [2.75, 3.05) is 32.8 Å². The number of carbonyl (C=O) groups excluding carboxylic acids is 1. The second kappa shape index (κ2) is 7.97. The number of aliphatic hydroxyl groups excluding tert-OH is 2. The van der Waals surface area contributed by atoms with E-state index in [1.54, 1.807) is 4.90 Å². The first kappa shape index (κ1) is 14.8. The van der Waals surface area contributed by atoms with Crippen LogP contribution in [0.3, 0.4) is 0 Å². The van der Waals surface area contributed by atoms with Crippen LogP contribution in [-0.4, -0.2) is 53.7 Å². The van der Waals surface area contributed by atoms with Gasteiger partial charge in [0.25, 0.3) is 0 Å². The summed E-state index contributed by atoms with van der Waals surface area (Å²) in [5.41, 5.74) is 1.88. The molecule has 0 atom stereocenters. The summed E-state index contributed by atoms with van der Waals surface area (Å²) in [6.45, 7) is 3.08. The van der Waals surface area contributed by atoms with Gasteiger partial charge >= 0.3 is 0 Å². The zero-order valence-corrected chi connectivity index (χ0v) is 10.8. The first-order valence-electron chi connectivity index (χ1n) is 6.27. The smallest absolute Gasteiger partial charge is 0.176 e. The molecule has 1 aromatic carbocycles. The molecule has 1 rings (SSSR count). The lowest BCUT2D eigenvalue weighted by molar-refractivity contribution is 0.0894. The standard InChI is InChI=1S/C14H21NO3/c1-2-12-3-5-13(6-4-12)14(18)11-15(7-9-16)8-10-17/h3-6,16-17H,2,7-11H2,1H3. The minimum Gasteiger partial charge on any atom is -0.395 e. The molecule has 0 radical (unpaired) electrons. The molecular weight excluding hydrogens is 230 g/mol. The van der Waals surface area contributed by atoms with Crippen molar-refractivity contribution in [1.29, 1.82) is 0 Å². The minimum absolute atomic E-state index is 0.0119. The Hall–Kier alpha value is -1.23. The van der Waals surface area contributed by atoms with Crippen LogP contribution in [0.2, 0.25) is 0 Å². The number of hydrogen-bond donors (Lipinski definition) is 2. The molecule has 0 heterocycles. The highest BCUT2D eigenvalue weighted by Crippen LogP contribution is 2.06. The summed E-state index contributed by atoms with van der Waals surface area (Å²) in [6.07, 6.45) is 0.954. The maximum Gasteiger partial charge on any atom is 0.176 e. The van der Waals surface area contributed by atoms with E-state index < -0.39 is 0 Å². The predicted molar refractivity (Wildman–Crippen MR) is 70.8 cm³/mol. The van der Waals surface area contributed by atoms with E-state index in [1.165, 1.54) is 5.56 Å². The molecule has 100 valence electrons. The average Bonchev–Trinajstić information content (AvgIpc) is 2.39. The fraction of sp³-hybridized carbons (Fsp3) is 0.500. The number of nitrogens with zero attached hydrogens (tertiary/aromatic N) is 1. The van der Waals surface area contributed by atoms with Crippen molar-refractivity contribution in [1.82, 2.24) is 4.90 Å². The Morgan fingerprint density at radius 1 is 1.11 bits per heavy atom. The SMILES string of the molecule is CCc1ccc(C(=O)CN(CCO)CCO)cc1. The molecule has 2 N–H and O–H groups in total. The molecule has 0 saturated heterocycles. The molecule has 4 nitrogen and oxygen atoms in total. The topological polar surface area (TPSA) is 60.8 Å². The normalized spacial score (nSPS) is 10.9. The van der Waals surface area contributed by atoms with Gasteiger partial charge in [-0.05, 0) is 12.0 Å². The zero-order valence-electron chi connectivity index (χ0n) is 10.8.